The summed E-state index contributed by atoms with van der Waals surface area (Å²) in [7, 11) is 0. The van der Waals surface area contributed by atoms with Crippen LogP contribution in [-0.2, 0) is 14.3 Å². The van der Waals surface area contributed by atoms with Gasteiger partial charge in [-0.1, -0.05) is 0 Å². The van der Waals surface area contributed by atoms with E-state index in [2.05, 4.69) is 5.32 Å². The maximum atomic E-state index is 11.3. The molecule has 1 fully saturated rings. The van der Waals surface area contributed by atoms with Crippen LogP contribution in [-0.4, -0.2) is 31.3 Å². The minimum absolute atomic E-state index is 0.0834. The molecule has 0 aromatic carbocycles. The summed E-state index contributed by atoms with van der Waals surface area (Å²) < 4.78 is 9.97. The van der Waals surface area contributed by atoms with E-state index in [1.807, 2.05) is 0 Å². The van der Waals surface area contributed by atoms with Gasteiger partial charge in [0.1, 0.15) is 6.10 Å². The van der Waals surface area contributed by atoms with Crippen molar-refractivity contribution in [3.05, 3.63) is 0 Å². The molecule has 0 aromatic rings. The minimum Gasteiger partial charge on any atom is -0.466 e. The number of nitrogens with one attached hydrogen (secondary N) is 1. The molecule has 0 aromatic heterocycles. The lowest BCUT2D eigenvalue weighted by atomic mass is 10.3. The van der Waals surface area contributed by atoms with Gasteiger partial charge in [-0.05, 0) is 39.0 Å². The normalized spacial score (nSPS) is 15.6. The molecule has 0 unspecified atom stereocenters. The fourth-order valence-electron chi connectivity index (χ4n) is 1.86. The first-order valence-electron chi connectivity index (χ1n) is 6.32. The highest BCUT2D eigenvalue weighted by Crippen LogP contribution is 2.20. The smallest absolute Gasteiger partial charge is 0.407 e. The van der Waals surface area contributed by atoms with Gasteiger partial charge in [-0.25, -0.2) is 4.79 Å². The van der Waals surface area contributed by atoms with E-state index in [0.29, 0.717) is 26.0 Å². The Morgan fingerprint density at radius 1 is 1.29 bits per heavy atom. The molecule has 0 aliphatic heterocycles. The van der Waals surface area contributed by atoms with Crippen molar-refractivity contribution in [2.45, 2.75) is 51.6 Å². The van der Waals surface area contributed by atoms with Gasteiger partial charge in [-0.3, -0.25) is 4.79 Å². The topological polar surface area (TPSA) is 64.6 Å². The van der Waals surface area contributed by atoms with E-state index >= 15 is 0 Å². The van der Waals surface area contributed by atoms with Gasteiger partial charge < -0.3 is 14.8 Å². The molecule has 1 rings (SSSR count). The molecule has 1 aliphatic carbocycles. The summed E-state index contributed by atoms with van der Waals surface area (Å²) in [5.74, 6) is -0.224. The van der Waals surface area contributed by atoms with E-state index in [4.69, 9.17) is 9.47 Å². The van der Waals surface area contributed by atoms with Crippen LogP contribution in [0.15, 0.2) is 0 Å². The van der Waals surface area contributed by atoms with Crippen LogP contribution >= 0.6 is 0 Å². The van der Waals surface area contributed by atoms with Gasteiger partial charge in [0, 0.05) is 13.0 Å². The van der Waals surface area contributed by atoms with Gasteiger partial charge in [-0.2, -0.15) is 0 Å². The zero-order chi connectivity index (χ0) is 12.5. The third kappa shape index (κ3) is 6.14. The largest absolute Gasteiger partial charge is 0.466 e. The Kier molecular flexibility index (Phi) is 6.43. The van der Waals surface area contributed by atoms with Gasteiger partial charge in [0.2, 0.25) is 0 Å². The zero-order valence-corrected chi connectivity index (χ0v) is 10.4. The Hall–Kier alpha value is -1.26. The average molecular weight is 243 g/mol. The molecule has 98 valence electrons. The number of alkyl carbamates (subject to hydrolysis) is 1. The summed E-state index contributed by atoms with van der Waals surface area (Å²) in [5, 5.41) is 2.64. The van der Waals surface area contributed by atoms with E-state index in [1.165, 1.54) is 0 Å². The number of hydrogen-bond donors (Lipinski definition) is 1. The maximum absolute atomic E-state index is 11.3. The number of esters is 1. The van der Waals surface area contributed by atoms with Crippen LogP contribution in [0.2, 0.25) is 0 Å². The zero-order valence-electron chi connectivity index (χ0n) is 10.4. The third-order valence-corrected chi connectivity index (χ3v) is 2.71. The summed E-state index contributed by atoms with van der Waals surface area (Å²) in [5.41, 5.74) is 0. The van der Waals surface area contributed by atoms with Crippen molar-refractivity contribution in [3.8, 4) is 0 Å². The molecule has 1 saturated carbocycles. The molecule has 0 atom stereocenters. The minimum atomic E-state index is -0.374. The predicted molar refractivity (Wildman–Crippen MR) is 62.6 cm³/mol. The van der Waals surface area contributed by atoms with Gasteiger partial charge in [0.05, 0.1) is 6.61 Å². The molecular weight excluding hydrogens is 222 g/mol. The predicted octanol–water partition coefficient (Wildman–Crippen LogP) is 2.00. The molecule has 0 radical (unpaired) electrons. The number of amides is 1. The van der Waals surface area contributed by atoms with Crippen molar-refractivity contribution in [1.82, 2.24) is 5.32 Å². The Morgan fingerprint density at radius 2 is 2.00 bits per heavy atom. The van der Waals surface area contributed by atoms with Crippen molar-refractivity contribution in [2.24, 2.45) is 0 Å². The molecule has 1 aliphatic rings. The molecule has 0 saturated heterocycles. The van der Waals surface area contributed by atoms with Gasteiger partial charge >= 0.3 is 12.1 Å². The van der Waals surface area contributed by atoms with Crippen LogP contribution in [0.1, 0.15) is 45.4 Å². The highest BCUT2D eigenvalue weighted by molar-refractivity contribution is 5.69. The van der Waals surface area contributed by atoms with Crippen molar-refractivity contribution < 1.29 is 19.1 Å². The fraction of sp³-hybridized carbons (Fsp3) is 0.833. The van der Waals surface area contributed by atoms with Crippen LogP contribution in [0.5, 0.6) is 0 Å². The summed E-state index contributed by atoms with van der Waals surface area (Å²) in [6.07, 6.45) is 4.84. The Balaban J connectivity index is 1.98. The third-order valence-electron chi connectivity index (χ3n) is 2.71. The Bertz CT molecular complexity index is 249. The maximum Gasteiger partial charge on any atom is 0.407 e. The average Bonchev–Trinajstić information content (AvgIpc) is 2.77. The lowest BCUT2D eigenvalue weighted by Crippen LogP contribution is -2.29. The lowest BCUT2D eigenvalue weighted by Gasteiger charge is -2.11. The standard InChI is InChI=1S/C12H21NO4/c1-2-16-11(14)8-5-9-13-12(15)17-10-6-3-4-7-10/h10H,2-9H2,1H3,(H,13,15). The first kappa shape index (κ1) is 13.8. The molecular formula is C12H21NO4. The van der Waals surface area contributed by atoms with Crippen molar-refractivity contribution in [2.75, 3.05) is 13.2 Å². The van der Waals surface area contributed by atoms with E-state index in [1.54, 1.807) is 6.92 Å². The SMILES string of the molecule is CCOC(=O)CCCNC(=O)OC1CCCC1. The number of carbonyl (C=O) groups excluding carboxylic acids is 2. The molecule has 0 heterocycles. The van der Waals surface area contributed by atoms with Crippen LogP contribution in [0, 0.1) is 0 Å². The number of rotatable bonds is 6. The van der Waals surface area contributed by atoms with E-state index in [9.17, 15) is 9.59 Å². The fourth-order valence-corrected chi connectivity index (χ4v) is 1.86. The molecule has 5 heteroatoms. The number of carbonyl (C=O) groups is 2. The van der Waals surface area contributed by atoms with Crippen LogP contribution < -0.4 is 5.32 Å². The van der Waals surface area contributed by atoms with E-state index < -0.39 is 0 Å². The van der Waals surface area contributed by atoms with Crippen LogP contribution in [0.3, 0.4) is 0 Å². The first-order chi connectivity index (χ1) is 8.22. The Morgan fingerprint density at radius 3 is 2.65 bits per heavy atom. The monoisotopic (exact) mass is 243 g/mol. The first-order valence-corrected chi connectivity index (χ1v) is 6.32. The second-order valence-corrected chi connectivity index (χ2v) is 4.15. The van der Waals surface area contributed by atoms with E-state index in [-0.39, 0.29) is 18.2 Å². The number of hydrogen-bond acceptors (Lipinski definition) is 4. The molecule has 17 heavy (non-hydrogen) atoms. The van der Waals surface area contributed by atoms with Gasteiger partial charge in [-0.15, -0.1) is 0 Å². The molecule has 1 amide bonds. The van der Waals surface area contributed by atoms with Gasteiger partial charge in [0.25, 0.3) is 0 Å². The second-order valence-electron chi connectivity index (χ2n) is 4.15. The number of ether oxygens (including phenoxy) is 2. The molecule has 0 spiro atoms. The summed E-state index contributed by atoms with van der Waals surface area (Å²) in [6.45, 7) is 2.62. The molecule has 5 nitrogen and oxygen atoms in total. The van der Waals surface area contributed by atoms with Crippen molar-refractivity contribution in [3.63, 3.8) is 0 Å². The molecule has 1 N–H and O–H groups in total. The van der Waals surface area contributed by atoms with Crippen LogP contribution in [0.25, 0.3) is 0 Å². The summed E-state index contributed by atoms with van der Waals surface area (Å²) in [4.78, 5) is 22.3. The Labute approximate surface area is 102 Å². The van der Waals surface area contributed by atoms with Crippen molar-refractivity contribution in [1.29, 1.82) is 0 Å². The quantitative estimate of drug-likeness (QED) is 0.572. The van der Waals surface area contributed by atoms with Gasteiger partial charge in [0.15, 0.2) is 0 Å². The summed E-state index contributed by atoms with van der Waals surface area (Å²) >= 11 is 0. The second kappa shape index (κ2) is 7.92. The van der Waals surface area contributed by atoms with E-state index in [0.717, 1.165) is 25.7 Å². The highest BCUT2D eigenvalue weighted by atomic mass is 16.6. The van der Waals surface area contributed by atoms with Crippen molar-refractivity contribution >= 4 is 12.1 Å². The summed E-state index contributed by atoms with van der Waals surface area (Å²) in [6, 6.07) is 0. The molecule has 0 bridgehead atoms. The highest BCUT2D eigenvalue weighted by Gasteiger charge is 2.18. The lowest BCUT2D eigenvalue weighted by molar-refractivity contribution is -0.143. The van der Waals surface area contributed by atoms with Crippen LogP contribution in [0.4, 0.5) is 4.79 Å².